The highest BCUT2D eigenvalue weighted by Crippen LogP contribution is 2.14. The number of hydrogen-bond acceptors (Lipinski definition) is 2. The minimum absolute atomic E-state index is 0.139. The van der Waals surface area contributed by atoms with Gasteiger partial charge < -0.3 is 5.11 Å². The third kappa shape index (κ3) is 7.94. The van der Waals surface area contributed by atoms with E-state index in [1.54, 1.807) is 0 Å². The lowest BCUT2D eigenvalue weighted by Crippen LogP contribution is -2.20. The molecule has 0 radical (unpaired) electrons. The Labute approximate surface area is 105 Å². The molecule has 0 aromatic carbocycles. The number of carbonyl (C=O) groups is 2. The molecule has 0 aliphatic carbocycles. The molecule has 0 amide bonds. The number of unbranched alkanes of at least 4 members (excludes halogenated alkanes) is 3. The van der Waals surface area contributed by atoms with Crippen LogP contribution in [0.2, 0.25) is 0 Å². The van der Waals surface area contributed by atoms with Crippen LogP contribution < -0.4 is 0 Å². The molecule has 0 rings (SSSR count). The maximum Gasteiger partial charge on any atom is 0.313 e. The molecule has 0 saturated heterocycles. The van der Waals surface area contributed by atoms with E-state index in [-0.39, 0.29) is 5.78 Å². The zero-order chi connectivity index (χ0) is 13.3. The third-order valence-corrected chi connectivity index (χ3v) is 3.42. The fourth-order valence-corrected chi connectivity index (χ4v) is 1.70. The van der Waals surface area contributed by atoms with Crippen molar-refractivity contribution in [1.82, 2.24) is 0 Å². The van der Waals surface area contributed by atoms with Gasteiger partial charge in [0.25, 0.3) is 0 Å². The molecule has 0 aromatic rings. The molecule has 0 aliphatic heterocycles. The number of hydrogen-bond donors (Lipinski definition) is 1. The average Bonchev–Trinajstić information content (AvgIpc) is 2.31. The van der Waals surface area contributed by atoms with Gasteiger partial charge >= 0.3 is 5.97 Å². The summed E-state index contributed by atoms with van der Waals surface area (Å²) in [6.45, 7) is 5.93. The van der Waals surface area contributed by atoms with E-state index < -0.39 is 11.9 Å². The van der Waals surface area contributed by atoms with Crippen LogP contribution in [0.4, 0.5) is 0 Å². The lowest BCUT2D eigenvalue weighted by Gasteiger charge is -2.08. The van der Waals surface area contributed by atoms with Gasteiger partial charge in [-0.15, -0.1) is 0 Å². The summed E-state index contributed by atoms with van der Waals surface area (Å²) in [5.74, 6) is -1.19. The van der Waals surface area contributed by atoms with E-state index in [1.807, 2.05) is 0 Å². The van der Waals surface area contributed by atoms with Crippen LogP contribution in [0.1, 0.15) is 65.7 Å². The minimum Gasteiger partial charge on any atom is -0.481 e. The summed E-state index contributed by atoms with van der Waals surface area (Å²) in [4.78, 5) is 22.0. The Morgan fingerprint density at radius 2 is 1.65 bits per heavy atom. The van der Waals surface area contributed by atoms with Crippen molar-refractivity contribution in [1.29, 1.82) is 0 Å². The van der Waals surface area contributed by atoms with E-state index in [9.17, 15) is 9.59 Å². The van der Waals surface area contributed by atoms with Crippen molar-refractivity contribution in [2.24, 2.45) is 11.8 Å². The second kappa shape index (κ2) is 9.20. The third-order valence-electron chi connectivity index (χ3n) is 3.42. The van der Waals surface area contributed by atoms with E-state index in [1.165, 1.54) is 26.2 Å². The van der Waals surface area contributed by atoms with Gasteiger partial charge in [-0.1, -0.05) is 46.0 Å². The molecule has 1 N–H and O–H groups in total. The summed E-state index contributed by atoms with van der Waals surface area (Å²) >= 11 is 0. The highest BCUT2D eigenvalue weighted by molar-refractivity contribution is 5.97. The number of carboxylic acids is 1. The summed E-state index contributed by atoms with van der Waals surface area (Å²) in [6, 6.07) is 0. The molecule has 2 unspecified atom stereocenters. The van der Waals surface area contributed by atoms with E-state index >= 15 is 0 Å². The first-order chi connectivity index (χ1) is 7.99. The molecule has 0 heterocycles. The topological polar surface area (TPSA) is 54.4 Å². The second-order valence-electron chi connectivity index (χ2n) is 4.99. The van der Waals surface area contributed by atoms with E-state index in [0.29, 0.717) is 6.42 Å². The van der Waals surface area contributed by atoms with E-state index in [4.69, 9.17) is 5.11 Å². The molecule has 0 fully saturated rings. The summed E-state index contributed by atoms with van der Waals surface area (Å²) in [5.41, 5.74) is 0. The largest absolute Gasteiger partial charge is 0.481 e. The van der Waals surface area contributed by atoms with Gasteiger partial charge in [0.2, 0.25) is 0 Å². The molecule has 0 aromatic heterocycles. The molecule has 3 heteroatoms. The van der Waals surface area contributed by atoms with Crippen molar-refractivity contribution >= 4 is 11.8 Å². The number of aliphatic carboxylic acids is 1. The van der Waals surface area contributed by atoms with Crippen LogP contribution in [0.25, 0.3) is 0 Å². The Kier molecular flexibility index (Phi) is 8.73. The molecule has 0 spiro atoms. The molecular formula is C14H26O3. The molecule has 0 aliphatic rings. The summed E-state index contributed by atoms with van der Waals surface area (Å²) in [6.07, 6.45) is 7.14. The lowest BCUT2D eigenvalue weighted by molar-refractivity contribution is -0.145. The van der Waals surface area contributed by atoms with E-state index in [2.05, 4.69) is 13.8 Å². The van der Waals surface area contributed by atoms with Crippen molar-refractivity contribution in [3.05, 3.63) is 0 Å². The summed E-state index contributed by atoms with van der Waals surface area (Å²) < 4.78 is 0. The maximum atomic E-state index is 11.4. The molecule has 3 nitrogen and oxygen atoms in total. The van der Waals surface area contributed by atoms with Crippen LogP contribution in [-0.4, -0.2) is 16.9 Å². The molecule has 0 bridgehead atoms. The molecule has 17 heavy (non-hydrogen) atoms. The fraction of sp³-hybridized carbons (Fsp3) is 0.857. The van der Waals surface area contributed by atoms with Crippen molar-refractivity contribution in [2.75, 3.05) is 0 Å². The molecule has 0 saturated carbocycles. The SMILES string of the molecule is CCC(C)CCCCCCC(=O)C(C)C(=O)O. The number of rotatable bonds is 10. The van der Waals surface area contributed by atoms with Crippen LogP contribution in [-0.2, 0) is 9.59 Å². The van der Waals surface area contributed by atoms with Crippen LogP contribution in [0.3, 0.4) is 0 Å². The van der Waals surface area contributed by atoms with E-state index in [0.717, 1.165) is 25.2 Å². The predicted molar refractivity (Wildman–Crippen MR) is 69.0 cm³/mol. The Morgan fingerprint density at radius 1 is 1.06 bits per heavy atom. The highest BCUT2D eigenvalue weighted by Gasteiger charge is 2.19. The summed E-state index contributed by atoms with van der Waals surface area (Å²) in [7, 11) is 0. The van der Waals surface area contributed by atoms with Crippen molar-refractivity contribution in [3.8, 4) is 0 Å². The smallest absolute Gasteiger partial charge is 0.313 e. The van der Waals surface area contributed by atoms with Gasteiger partial charge in [-0.25, -0.2) is 0 Å². The first-order valence-electron chi connectivity index (χ1n) is 6.74. The number of Topliss-reactive ketones (excluding diaryl/α,β-unsaturated/α-hetero) is 1. The first kappa shape index (κ1) is 16.1. The standard InChI is InChI=1S/C14H26O3/c1-4-11(2)9-7-5-6-8-10-13(15)12(3)14(16)17/h11-12H,4-10H2,1-3H3,(H,16,17). The van der Waals surface area contributed by atoms with Gasteiger partial charge in [0.05, 0.1) is 0 Å². The van der Waals surface area contributed by atoms with Gasteiger partial charge in [0.15, 0.2) is 0 Å². The number of ketones is 1. The molecular weight excluding hydrogens is 216 g/mol. The minimum atomic E-state index is -1.01. The highest BCUT2D eigenvalue weighted by atomic mass is 16.4. The zero-order valence-electron chi connectivity index (χ0n) is 11.4. The van der Waals surface area contributed by atoms with Crippen molar-refractivity contribution in [3.63, 3.8) is 0 Å². The van der Waals surface area contributed by atoms with Gasteiger partial charge in [0, 0.05) is 6.42 Å². The van der Waals surface area contributed by atoms with Crippen LogP contribution in [0.15, 0.2) is 0 Å². The van der Waals surface area contributed by atoms with Gasteiger partial charge in [-0.3, -0.25) is 9.59 Å². The molecule has 2 atom stereocenters. The summed E-state index contributed by atoms with van der Waals surface area (Å²) in [5, 5.41) is 8.66. The number of carboxylic acid groups (broad SMARTS) is 1. The first-order valence-corrected chi connectivity index (χ1v) is 6.74. The zero-order valence-corrected chi connectivity index (χ0v) is 11.4. The normalized spacial score (nSPS) is 14.3. The quantitative estimate of drug-likeness (QED) is 0.470. The average molecular weight is 242 g/mol. The fourth-order valence-electron chi connectivity index (χ4n) is 1.70. The van der Waals surface area contributed by atoms with Gasteiger partial charge in [-0.05, 0) is 19.3 Å². The Bertz CT molecular complexity index is 236. The Hall–Kier alpha value is -0.860. The maximum absolute atomic E-state index is 11.4. The second-order valence-corrected chi connectivity index (χ2v) is 4.99. The Balaban J connectivity index is 3.46. The Morgan fingerprint density at radius 3 is 2.18 bits per heavy atom. The predicted octanol–water partition coefficient (Wildman–Crippen LogP) is 3.66. The van der Waals surface area contributed by atoms with Crippen LogP contribution >= 0.6 is 0 Å². The van der Waals surface area contributed by atoms with Crippen LogP contribution in [0.5, 0.6) is 0 Å². The monoisotopic (exact) mass is 242 g/mol. The van der Waals surface area contributed by atoms with Crippen LogP contribution in [0, 0.1) is 11.8 Å². The van der Waals surface area contributed by atoms with Gasteiger partial charge in [0.1, 0.15) is 11.7 Å². The molecule has 100 valence electrons. The van der Waals surface area contributed by atoms with Crippen molar-refractivity contribution < 1.29 is 14.7 Å². The number of carbonyl (C=O) groups excluding carboxylic acids is 1. The lowest BCUT2D eigenvalue weighted by atomic mass is 9.98. The van der Waals surface area contributed by atoms with Gasteiger partial charge in [-0.2, -0.15) is 0 Å². The van der Waals surface area contributed by atoms with Crippen molar-refractivity contribution in [2.45, 2.75) is 65.7 Å².